The van der Waals surface area contributed by atoms with Gasteiger partial charge in [0, 0.05) is 5.56 Å². The van der Waals surface area contributed by atoms with E-state index in [2.05, 4.69) is 0 Å². The van der Waals surface area contributed by atoms with Crippen LogP contribution in [0.4, 0.5) is 4.39 Å². The van der Waals surface area contributed by atoms with Crippen LogP contribution in [-0.2, 0) is 0 Å². The molecule has 0 bridgehead atoms. The first-order valence-electron chi connectivity index (χ1n) is 6.28. The van der Waals surface area contributed by atoms with Crippen LogP contribution in [-0.4, -0.2) is 6.61 Å². The Morgan fingerprint density at radius 3 is 2.58 bits per heavy atom. The lowest BCUT2D eigenvalue weighted by molar-refractivity contribution is 0.286. The molecule has 0 saturated carbocycles. The topological polar surface area (TPSA) is 35.2 Å². The zero-order valence-electron chi connectivity index (χ0n) is 11.2. The van der Waals surface area contributed by atoms with E-state index in [1.54, 1.807) is 18.2 Å². The number of ether oxygens (including phenoxy) is 1. The normalized spacial score (nSPS) is 12.2. The van der Waals surface area contributed by atoms with Crippen LogP contribution in [0, 0.1) is 19.7 Å². The zero-order chi connectivity index (χ0) is 13.8. The van der Waals surface area contributed by atoms with Crippen molar-refractivity contribution in [2.45, 2.75) is 19.9 Å². The van der Waals surface area contributed by atoms with Crippen molar-refractivity contribution in [3.63, 3.8) is 0 Å². The van der Waals surface area contributed by atoms with Crippen molar-refractivity contribution in [1.29, 1.82) is 0 Å². The number of benzene rings is 2. The van der Waals surface area contributed by atoms with Gasteiger partial charge in [-0.25, -0.2) is 4.39 Å². The number of hydrogen-bond donors (Lipinski definition) is 1. The molecule has 100 valence electrons. The molecule has 2 aromatic rings. The highest BCUT2D eigenvalue weighted by Gasteiger charge is 2.12. The summed E-state index contributed by atoms with van der Waals surface area (Å²) >= 11 is 0. The lowest BCUT2D eigenvalue weighted by Crippen LogP contribution is -2.20. The van der Waals surface area contributed by atoms with Gasteiger partial charge >= 0.3 is 0 Å². The maximum absolute atomic E-state index is 13.6. The lowest BCUT2D eigenvalue weighted by Gasteiger charge is -2.15. The third kappa shape index (κ3) is 3.32. The quantitative estimate of drug-likeness (QED) is 0.911. The van der Waals surface area contributed by atoms with Crippen LogP contribution in [0.2, 0.25) is 0 Å². The van der Waals surface area contributed by atoms with Gasteiger partial charge in [-0.05, 0) is 31.5 Å². The van der Waals surface area contributed by atoms with E-state index in [1.807, 2.05) is 32.0 Å². The van der Waals surface area contributed by atoms with Crippen molar-refractivity contribution < 1.29 is 9.13 Å². The van der Waals surface area contributed by atoms with E-state index >= 15 is 0 Å². The van der Waals surface area contributed by atoms with Gasteiger partial charge in [-0.3, -0.25) is 0 Å². The molecule has 0 radical (unpaired) electrons. The summed E-state index contributed by atoms with van der Waals surface area (Å²) in [5, 5.41) is 0. The molecule has 3 heteroatoms. The van der Waals surface area contributed by atoms with Crippen LogP contribution in [0.5, 0.6) is 5.75 Å². The molecule has 0 aliphatic carbocycles. The zero-order valence-corrected chi connectivity index (χ0v) is 11.2. The molecule has 1 atom stereocenters. The second kappa shape index (κ2) is 5.85. The van der Waals surface area contributed by atoms with Gasteiger partial charge in [-0.2, -0.15) is 0 Å². The Morgan fingerprint density at radius 2 is 1.89 bits per heavy atom. The summed E-state index contributed by atoms with van der Waals surface area (Å²) in [5.74, 6) is 0.497. The van der Waals surface area contributed by atoms with Crippen molar-refractivity contribution in [3.05, 3.63) is 65.0 Å². The van der Waals surface area contributed by atoms with E-state index in [0.717, 1.165) is 11.3 Å². The predicted molar refractivity (Wildman–Crippen MR) is 74.7 cm³/mol. The molecule has 0 aliphatic heterocycles. The summed E-state index contributed by atoms with van der Waals surface area (Å²) in [5.41, 5.74) is 8.68. The van der Waals surface area contributed by atoms with Crippen molar-refractivity contribution in [2.75, 3.05) is 6.61 Å². The highest BCUT2D eigenvalue weighted by molar-refractivity contribution is 5.35. The van der Waals surface area contributed by atoms with Gasteiger partial charge in [0.15, 0.2) is 0 Å². The van der Waals surface area contributed by atoms with Crippen LogP contribution in [0.15, 0.2) is 42.5 Å². The third-order valence-electron chi connectivity index (χ3n) is 3.05. The Labute approximate surface area is 113 Å². The van der Waals surface area contributed by atoms with E-state index in [4.69, 9.17) is 10.5 Å². The highest BCUT2D eigenvalue weighted by atomic mass is 19.1. The maximum Gasteiger partial charge on any atom is 0.128 e. The molecule has 2 N–H and O–H groups in total. The van der Waals surface area contributed by atoms with Crippen molar-refractivity contribution in [1.82, 2.24) is 0 Å². The molecule has 0 aliphatic rings. The smallest absolute Gasteiger partial charge is 0.128 e. The number of nitrogens with two attached hydrogens (primary N) is 1. The van der Waals surface area contributed by atoms with E-state index in [9.17, 15) is 4.39 Å². The molecule has 0 spiro atoms. The molecule has 2 rings (SSSR count). The van der Waals surface area contributed by atoms with E-state index in [-0.39, 0.29) is 12.4 Å². The minimum Gasteiger partial charge on any atom is -0.491 e. The summed E-state index contributed by atoms with van der Waals surface area (Å²) in [6.45, 7) is 4.27. The molecule has 0 saturated heterocycles. The average Bonchev–Trinajstić information content (AvgIpc) is 2.38. The van der Waals surface area contributed by atoms with Crippen LogP contribution in [0.3, 0.4) is 0 Å². The fraction of sp³-hybridized carbons (Fsp3) is 0.250. The largest absolute Gasteiger partial charge is 0.491 e. The molecule has 2 aromatic carbocycles. The monoisotopic (exact) mass is 259 g/mol. The summed E-state index contributed by atoms with van der Waals surface area (Å²) < 4.78 is 19.2. The van der Waals surface area contributed by atoms with E-state index in [0.29, 0.717) is 5.56 Å². The molecule has 0 aromatic heterocycles. The third-order valence-corrected chi connectivity index (χ3v) is 3.05. The molecule has 19 heavy (non-hydrogen) atoms. The van der Waals surface area contributed by atoms with Crippen LogP contribution in [0.25, 0.3) is 0 Å². The minimum absolute atomic E-state index is 0.255. The number of halogens is 1. The maximum atomic E-state index is 13.6. The standard InChI is InChI=1S/C16H18FNO/c1-11-7-8-16(12(2)9-11)19-10-15(18)13-5-3-4-6-14(13)17/h3-9,15H,10,18H2,1-2H3. The molecule has 1 unspecified atom stereocenters. The van der Waals surface area contributed by atoms with E-state index < -0.39 is 6.04 Å². The number of aryl methyl sites for hydroxylation is 2. The van der Waals surface area contributed by atoms with Crippen LogP contribution in [0.1, 0.15) is 22.7 Å². The van der Waals surface area contributed by atoms with Gasteiger partial charge in [0.1, 0.15) is 18.2 Å². The summed E-state index contributed by atoms with van der Waals surface area (Å²) in [4.78, 5) is 0. The Hall–Kier alpha value is -1.87. The number of rotatable bonds is 4. The first kappa shape index (κ1) is 13.6. The predicted octanol–water partition coefficient (Wildman–Crippen LogP) is 3.52. The van der Waals surface area contributed by atoms with Crippen molar-refractivity contribution in [2.24, 2.45) is 5.73 Å². The van der Waals surface area contributed by atoms with Crippen LogP contribution >= 0.6 is 0 Å². The van der Waals surface area contributed by atoms with Crippen molar-refractivity contribution in [3.8, 4) is 5.75 Å². The van der Waals surface area contributed by atoms with Crippen molar-refractivity contribution >= 4 is 0 Å². The Morgan fingerprint density at radius 1 is 1.16 bits per heavy atom. The SMILES string of the molecule is Cc1ccc(OCC(N)c2ccccc2F)c(C)c1. The lowest BCUT2D eigenvalue weighted by atomic mass is 10.1. The summed E-state index contributed by atoms with van der Waals surface area (Å²) in [6.07, 6.45) is 0. The highest BCUT2D eigenvalue weighted by Crippen LogP contribution is 2.21. The first-order chi connectivity index (χ1) is 9.08. The molecule has 2 nitrogen and oxygen atoms in total. The second-order valence-corrected chi connectivity index (χ2v) is 4.71. The fourth-order valence-electron chi connectivity index (χ4n) is 2.01. The number of hydrogen-bond acceptors (Lipinski definition) is 2. The van der Waals surface area contributed by atoms with Gasteiger partial charge in [-0.15, -0.1) is 0 Å². The minimum atomic E-state index is -0.470. The summed E-state index contributed by atoms with van der Waals surface area (Å²) in [7, 11) is 0. The van der Waals surface area contributed by atoms with Gasteiger partial charge in [0.05, 0.1) is 6.04 Å². The molecular weight excluding hydrogens is 241 g/mol. The Kier molecular flexibility index (Phi) is 4.17. The van der Waals surface area contributed by atoms with E-state index in [1.165, 1.54) is 11.6 Å². The average molecular weight is 259 g/mol. The summed E-state index contributed by atoms with van der Waals surface area (Å²) in [6, 6.07) is 12.0. The molecule has 0 heterocycles. The van der Waals surface area contributed by atoms with Crippen LogP contribution < -0.4 is 10.5 Å². The fourth-order valence-corrected chi connectivity index (χ4v) is 2.01. The first-order valence-corrected chi connectivity index (χ1v) is 6.28. The Balaban J connectivity index is 2.04. The van der Waals surface area contributed by atoms with Gasteiger partial charge in [-0.1, -0.05) is 35.9 Å². The molecule has 0 fully saturated rings. The van der Waals surface area contributed by atoms with Gasteiger partial charge in [0.2, 0.25) is 0 Å². The van der Waals surface area contributed by atoms with Gasteiger partial charge in [0.25, 0.3) is 0 Å². The molecule has 0 amide bonds. The molecular formula is C16H18FNO. The second-order valence-electron chi connectivity index (χ2n) is 4.71. The van der Waals surface area contributed by atoms with Gasteiger partial charge < -0.3 is 10.5 Å². The Bertz CT molecular complexity index is 568.